The Bertz CT molecular complexity index is 638. The number of amides is 1. The predicted molar refractivity (Wildman–Crippen MR) is 93.9 cm³/mol. The second-order valence-corrected chi connectivity index (χ2v) is 6.17. The number of benzene rings is 1. The lowest BCUT2D eigenvalue weighted by molar-refractivity contribution is 0.143. The van der Waals surface area contributed by atoms with E-state index >= 15 is 0 Å². The Morgan fingerprint density at radius 1 is 1.46 bits per heavy atom. The van der Waals surface area contributed by atoms with Gasteiger partial charge in [0.25, 0.3) is 0 Å². The first-order valence-electron chi connectivity index (χ1n) is 7.81. The fraction of sp³-hybridized carbons (Fsp3) is 0.467. The van der Waals surface area contributed by atoms with E-state index in [1.54, 1.807) is 12.1 Å². The Morgan fingerprint density at radius 3 is 2.88 bits per heavy atom. The first kappa shape index (κ1) is 16.7. The summed E-state index contributed by atoms with van der Waals surface area (Å²) < 4.78 is 19.7. The molecule has 1 aromatic rings. The zero-order valence-corrected chi connectivity index (χ0v) is 13.9. The smallest absolute Gasteiger partial charge is 0.414 e. The van der Waals surface area contributed by atoms with Gasteiger partial charge in [-0.15, -0.1) is 0 Å². The highest BCUT2D eigenvalue weighted by Gasteiger charge is 2.32. The quantitative estimate of drug-likeness (QED) is 0.676. The van der Waals surface area contributed by atoms with Gasteiger partial charge in [-0.25, -0.2) is 9.18 Å². The number of ether oxygens (including phenoxy) is 1. The highest BCUT2D eigenvalue weighted by molar-refractivity contribution is 7.80. The van der Waals surface area contributed by atoms with Crippen LogP contribution in [0, 0.1) is 5.82 Å². The van der Waals surface area contributed by atoms with E-state index in [1.165, 1.54) is 11.0 Å². The lowest BCUT2D eigenvalue weighted by atomic mass is 10.2. The molecule has 0 saturated carbocycles. The molecule has 3 rings (SSSR count). The Kier molecular flexibility index (Phi) is 5.00. The molecule has 0 radical (unpaired) electrons. The zero-order chi connectivity index (χ0) is 17.1. The maximum atomic E-state index is 14.5. The van der Waals surface area contributed by atoms with Crippen molar-refractivity contribution in [3.63, 3.8) is 0 Å². The first-order chi connectivity index (χ1) is 11.5. The number of hydrogen-bond acceptors (Lipinski definition) is 5. The first-order valence-corrected chi connectivity index (χ1v) is 8.22. The summed E-state index contributed by atoms with van der Waals surface area (Å²) >= 11 is 4.73. The van der Waals surface area contributed by atoms with Gasteiger partial charge in [0, 0.05) is 26.2 Å². The van der Waals surface area contributed by atoms with Gasteiger partial charge < -0.3 is 26.0 Å². The van der Waals surface area contributed by atoms with E-state index in [4.69, 9.17) is 22.7 Å². The predicted octanol–water partition coefficient (Wildman–Crippen LogP) is 0.394. The van der Waals surface area contributed by atoms with Crippen LogP contribution in [-0.2, 0) is 4.74 Å². The number of piperazine rings is 1. The maximum absolute atomic E-state index is 14.5. The van der Waals surface area contributed by atoms with Gasteiger partial charge >= 0.3 is 6.09 Å². The molecular formula is C15H20FN5O2S. The summed E-state index contributed by atoms with van der Waals surface area (Å²) in [5.41, 5.74) is 6.40. The molecule has 0 unspecified atom stereocenters. The average Bonchev–Trinajstić information content (AvgIpc) is 2.94. The summed E-state index contributed by atoms with van der Waals surface area (Å²) in [6, 6.07) is 4.83. The molecule has 9 heteroatoms. The highest BCUT2D eigenvalue weighted by Crippen LogP contribution is 2.28. The SMILES string of the molecule is NC(=S)NC[C@H]1CN(c2ccc(N3CCNCC3)c(F)c2)C(=O)O1. The topological polar surface area (TPSA) is 82.9 Å². The molecule has 0 spiro atoms. The molecule has 0 aliphatic carbocycles. The van der Waals surface area contributed by atoms with Gasteiger partial charge in [0.05, 0.1) is 24.5 Å². The Hall–Kier alpha value is -2.13. The molecule has 2 heterocycles. The van der Waals surface area contributed by atoms with Gasteiger partial charge in [0.15, 0.2) is 5.11 Å². The lowest BCUT2D eigenvalue weighted by Crippen LogP contribution is -2.43. The van der Waals surface area contributed by atoms with Crippen molar-refractivity contribution in [3.8, 4) is 0 Å². The number of nitrogens with two attached hydrogens (primary N) is 1. The maximum Gasteiger partial charge on any atom is 0.414 e. The van der Waals surface area contributed by atoms with E-state index in [2.05, 4.69) is 10.6 Å². The van der Waals surface area contributed by atoms with E-state index in [1.807, 2.05) is 4.90 Å². The van der Waals surface area contributed by atoms with Gasteiger partial charge in [-0.3, -0.25) is 4.90 Å². The fourth-order valence-electron chi connectivity index (χ4n) is 2.88. The Labute approximate surface area is 144 Å². The highest BCUT2D eigenvalue weighted by atomic mass is 32.1. The van der Waals surface area contributed by atoms with Crippen molar-refractivity contribution in [2.24, 2.45) is 5.73 Å². The number of nitrogens with zero attached hydrogens (tertiary/aromatic N) is 2. The number of nitrogens with one attached hydrogen (secondary N) is 2. The number of carbonyl (C=O) groups is 1. The van der Waals surface area contributed by atoms with Crippen molar-refractivity contribution in [1.29, 1.82) is 0 Å². The number of halogens is 1. The number of cyclic esters (lactones) is 1. The van der Waals surface area contributed by atoms with Gasteiger partial charge in [0.2, 0.25) is 0 Å². The normalized spacial score (nSPS) is 20.9. The second-order valence-electron chi connectivity index (χ2n) is 5.73. The molecule has 1 amide bonds. The Morgan fingerprint density at radius 2 is 2.21 bits per heavy atom. The van der Waals surface area contributed by atoms with Crippen molar-refractivity contribution >= 4 is 34.8 Å². The molecule has 1 atom stereocenters. The standard InChI is InChI=1S/C15H20FN5O2S/c16-12-7-10(1-2-13(12)20-5-3-18-4-6-20)21-9-11(23-15(21)22)8-19-14(17)24/h1-2,7,11,18H,3-6,8-9H2,(H3,17,19,24)/t11-/m0/s1. The van der Waals surface area contributed by atoms with Crippen molar-refractivity contribution in [1.82, 2.24) is 10.6 Å². The van der Waals surface area contributed by atoms with E-state index in [-0.39, 0.29) is 17.0 Å². The number of carbonyl (C=O) groups excluding carboxylic acids is 1. The molecule has 4 N–H and O–H groups in total. The molecule has 0 aromatic heterocycles. The molecule has 0 bridgehead atoms. The van der Waals surface area contributed by atoms with Crippen LogP contribution in [0.2, 0.25) is 0 Å². The van der Waals surface area contributed by atoms with Crippen molar-refractivity contribution < 1.29 is 13.9 Å². The Balaban J connectivity index is 1.69. The van der Waals surface area contributed by atoms with Crippen LogP contribution in [0.1, 0.15) is 0 Å². The number of rotatable bonds is 4. The number of thiocarbonyl (C=S) groups is 1. The number of anilines is 2. The molecule has 7 nitrogen and oxygen atoms in total. The van der Waals surface area contributed by atoms with E-state index < -0.39 is 6.09 Å². The van der Waals surface area contributed by atoms with Gasteiger partial charge in [0.1, 0.15) is 11.9 Å². The minimum atomic E-state index is -0.501. The van der Waals surface area contributed by atoms with Crippen molar-refractivity contribution in [2.45, 2.75) is 6.10 Å². The lowest BCUT2D eigenvalue weighted by Gasteiger charge is -2.30. The monoisotopic (exact) mass is 353 g/mol. The van der Waals surface area contributed by atoms with Crippen LogP contribution in [0.15, 0.2) is 18.2 Å². The van der Waals surface area contributed by atoms with E-state index in [0.717, 1.165) is 26.2 Å². The largest absolute Gasteiger partial charge is 0.442 e. The van der Waals surface area contributed by atoms with E-state index in [0.29, 0.717) is 24.5 Å². The van der Waals surface area contributed by atoms with E-state index in [9.17, 15) is 9.18 Å². The summed E-state index contributed by atoms with van der Waals surface area (Å²) in [7, 11) is 0. The van der Waals surface area contributed by atoms with Crippen LogP contribution < -0.4 is 26.2 Å². The molecule has 24 heavy (non-hydrogen) atoms. The van der Waals surface area contributed by atoms with Crippen LogP contribution in [0.4, 0.5) is 20.6 Å². The molecule has 2 aliphatic heterocycles. The molecular weight excluding hydrogens is 333 g/mol. The third-order valence-corrected chi connectivity index (χ3v) is 4.22. The third-order valence-electron chi connectivity index (χ3n) is 4.08. The summed E-state index contributed by atoms with van der Waals surface area (Å²) in [5, 5.41) is 6.14. The van der Waals surface area contributed by atoms with Gasteiger partial charge in [-0.1, -0.05) is 0 Å². The minimum Gasteiger partial charge on any atom is -0.442 e. The third kappa shape index (κ3) is 3.68. The summed E-state index contributed by atoms with van der Waals surface area (Å²) in [6.07, 6.45) is -0.881. The van der Waals surface area contributed by atoms with Gasteiger partial charge in [-0.2, -0.15) is 0 Å². The molecule has 1 aromatic carbocycles. The van der Waals surface area contributed by atoms with Gasteiger partial charge in [-0.05, 0) is 30.4 Å². The van der Waals surface area contributed by atoms with Crippen LogP contribution in [0.3, 0.4) is 0 Å². The molecule has 130 valence electrons. The van der Waals surface area contributed by atoms with Crippen LogP contribution in [-0.4, -0.2) is 56.6 Å². The van der Waals surface area contributed by atoms with Crippen LogP contribution in [0.5, 0.6) is 0 Å². The second kappa shape index (κ2) is 7.18. The summed E-state index contributed by atoms with van der Waals surface area (Å²) in [5.74, 6) is -0.341. The zero-order valence-electron chi connectivity index (χ0n) is 13.1. The van der Waals surface area contributed by atoms with Crippen molar-refractivity contribution in [2.75, 3.05) is 49.1 Å². The van der Waals surface area contributed by atoms with Crippen LogP contribution in [0.25, 0.3) is 0 Å². The average molecular weight is 353 g/mol. The fourth-order valence-corrected chi connectivity index (χ4v) is 2.96. The molecule has 2 fully saturated rings. The molecule has 2 saturated heterocycles. The van der Waals surface area contributed by atoms with Crippen LogP contribution >= 0.6 is 12.2 Å². The van der Waals surface area contributed by atoms with Crippen molar-refractivity contribution in [3.05, 3.63) is 24.0 Å². The minimum absolute atomic E-state index is 0.149. The summed E-state index contributed by atoms with van der Waals surface area (Å²) in [6.45, 7) is 3.83. The molecule has 2 aliphatic rings. The number of hydrogen-bond donors (Lipinski definition) is 3. The summed E-state index contributed by atoms with van der Waals surface area (Å²) in [4.78, 5) is 15.4.